The van der Waals surface area contributed by atoms with E-state index in [1.54, 1.807) is 61.5 Å². The second kappa shape index (κ2) is 11.6. The van der Waals surface area contributed by atoms with Crippen molar-refractivity contribution in [2.24, 2.45) is 0 Å². The number of anilines is 2. The van der Waals surface area contributed by atoms with Gasteiger partial charge in [-0.25, -0.2) is 14.5 Å². The molecule has 0 bridgehead atoms. The van der Waals surface area contributed by atoms with Crippen LogP contribution in [0.5, 0.6) is 11.5 Å². The smallest absolute Gasteiger partial charge is 0.276 e. The Morgan fingerprint density at radius 2 is 1.60 bits per heavy atom. The quantitative estimate of drug-likeness (QED) is 0.316. The number of pyridine rings is 1. The van der Waals surface area contributed by atoms with E-state index in [1.807, 2.05) is 47.4 Å². The minimum absolute atomic E-state index is 0.0392. The van der Waals surface area contributed by atoms with Crippen molar-refractivity contribution in [2.75, 3.05) is 50.6 Å². The molecule has 11 nitrogen and oxygen atoms in total. The summed E-state index contributed by atoms with van der Waals surface area (Å²) < 4.78 is 12.4. The first-order valence-corrected chi connectivity index (χ1v) is 13.5. The maximum atomic E-state index is 13.1. The normalized spacial score (nSPS) is 13.2. The highest BCUT2D eigenvalue weighted by Gasteiger charge is 2.23. The highest BCUT2D eigenvalue weighted by atomic mass is 16.5. The summed E-state index contributed by atoms with van der Waals surface area (Å²) in [6.45, 7) is 2.67. The summed E-state index contributed by atoms with van der Waals surface area (Å²) in [6.07, 6.45) is 3.44. The number of nitrogens with one attached hydrogen (secondary N) is 1. The molecule has 0 atom stereocenters. The van der Waals surface area contributed by atoms with Crippen LogP contribution in [-0.4, -0.2) is 76.7 Å². The number of ether oxygens (including phenoxy) is 2. The molecule has 6 rings (SSSR count). The molecule has 1 N–H and O–H groups in total. The Balaban J connectivity index is 1.12. The first-order valence-electron chi connectivity index (χ1n) is 13.5. The van der Waals surface area contributed by atoms with E-state index in [2.05, 4.69) is 25.3 Å². The fourth-order valence-electron chi connectivity index (χ4n) is 4.97. The van der Waals surface area contributed by atoms with E-state index in [0.717, 1.165) is 30.2 Å². The number of benzene rings is 2. The van der Waals surface area contributed by atoms with Crippen molar-refractivity contribution >= 4 is 29.0 Å². The molecular formula is C31H29N7O4. The zero-order valence-electron chi connectivity index (χ0n) is 23.2. The molecule has 1 aliphatic rings. The van der Waals surface area contributed by atoms with Gasteiger partial charge in [-0.1, -0.05) is 6.07 Å². The van der Waals surface area contributed by atoms with E-state index in [4.69, 9.17) is 9.47 Å². The Morgan fingerprint density at radius 1 is 0.810 bits per heavy atom. The number of fused-ring (bicyclic) bond motifs is 1. The van der Waals surface area contributed by atoms with E-state index in [-0.39, 0.29) is 17.5 Å². The fourth-order valence-corrected chi connectivity index (χ4v) is 4.97. The zero-order chi connectivity index (χ0) is 29.1. The van der Waals surface area contributed by atoms with Crippen molar-refractivity contribution in [1.29, 1.82) is 0 Å². The van der Waals surface area contributed by atoms with Crippen LogP contribution >= 0.6 is 0 Å². The minimum atomic E-state index is -0.386. The predicted octanol–water partition coefficient (Wildman–Crippen LogP) is 4.02. The molecule has 0 unspecified atom stereocenters. The number of piperazine rings is 1. The van der Waals surface area contributed by atoms with Gasteiger partial charge in [0.1, 0.15) is 5.82 Å². The van der Waals surface area contributed by atoms with E-state index < -0.39 is 0 Å². The summed E-state index contributed by atoms with van der Waals surface area (Å²) in [5.41, 5.74) is 3.42. The fraction of sp³-hybridized carbons (Fsp3) is 0.194. The molecule has 212 valence electrons. The monoisotopic (exact) mass is 563 g/mol. The molecule has 2 aromatic carbocycles. The third-order valence-electron chi connectivity index (χ3n) is 7.20. The van der Waals surface area contributed by atoms with Gasteiger partial charge in [-0.2, -0.15) is 5.10 Å². The summed E-state index contributed by atoms with van der Waals surface area (Å²) in [5.74, 6) is 1.69. The number of amides is 2. The number of carbonyl (C=O) groups excluding carboxylic acids is 2. The number of nitrogens with zero attached hydrogens (tertiary/aromatic N) is 6. The standard InChI is InChI=1S/C31H29N7O4/c1-41-26-11-8-22(19-27(26)42-2)25-12-14-33-29-20-24(35-38(25)29)30(39)34-23-9-6-21(7-10-23)31(40)37-17-15-36(16-18-37)28-5-3-4-13-32-28/h3-14,19-20H,15-18H2,1-2H3,(H,34,39). The lowest BCUT2D eigenvalue weighted by Crippen LogP contribution is -2.49. The molecule has 1 saturated heterocycles. The first kappa shape index (κ1) is 26.8. The molecule has 42 heavy (non-hydrogen) atoms. The van der Waals surface area contributed by atoms with Crippen molar-refractivity contribution in [3.05, 3.63) is 96.4 Å². The van der Waals surface area contributed by atoms with Crippen LogP contribution < -0.4 is 19.7 Å². The molecule has 0 saturated carbocycles. The van der Waals surface area contributed by atoms with Crippen molar-refractivity contribution in [3.8, 4) is 22.8 Å². The highest BCUT2D eigenvalue weighted by Crippen LogP contribution is 2.32. The number of hydrogen-bond acceptors (Lipinski definition) is 8. The van der Waals surface area contributed by atoms with Crippen molar-refractivity contribution in [2.45, 2.75) is 0 Å². The number of methoxy groups -OCH3 is 2. The van der Waals surface area contributed by atoms with Crippen LogP contribution in [-0.2, 0) is 0 Å². The molecule has 0 aliphatic carbocycles. The van der Waals surface area contributed by atoms with E-state index >= 15 is 0 Å². The van der Waals surface area contributed by atoms with Crippen LogP contribution in [0.15, 0.2) is 85.2 Å². The summed E-state index contributed by atoms with van der Waals surface area (Å²) in [4.78, 5) is 39.0. The average molecular weight is 564 g/mol. The Kier molecular flexibility index (Phi) is 7.37. The Labute approximate surface area is 242 Å². The van der Waals surface area contributed by atoms with Gasteiger partial charge >= 0.3 is 0 Å². The molecule has 0 radical (unpaired) electrons. The molecule has 5 aromatic rings. The van der Waals surface area contributed by atoms with Gasteiger partial charge in [0.2, 0.25) is 0 Å². The minimum Gasteiger partial charge on any atom is -0.493 e. The second-order valence-electron chi connectivity index (χ2n) is 9.70. The van der Waals surface area contributed by atoms with Crippen LogP contribution in [0.2, 0.25) is 0 Å². The van der Waals surface area contributed by atoms with Gasteiger partial charge in [0, 0.05) is 61.5 Å². The Morgan fingerprint density at radius 3 is 2.31 bits per heavy atom. The van der Waals surface area contributed by atoms with Crippen LogP contribution in [0.25, 0.3) is 16.9 Å². The lowest BCUT2D eigenvalue weighted by Gasteiger charge is -2.35. The summed E-state index contributed by atoms with van der Waals surface area (Å²) in [6, 6.07) is 21.7. The molecule has 2 amide bonds. The predicted molar refractivity (Wildman–Crippen MR) is 158 cm³/mol. The van der Waals surface area contributed by atoms with Gasteiger partial charge < -0.3 is 24.6 Å². The summed E-state index contributed by atoms with van der Waals surface area (Å²) in [5, 5.41) is 7.38. The van der Waals surface area contributed by atoms with Gasteiger partial charge in [0.15, 0.2) is 22.8 Å². The molecule has 4 heterocycles. The van der Waals surface area contributed by atoms with Gasteiger partial charge in [-0.3, -0.25) is 9.59 Å². The lowest BCUT2D eigenvalue weighted by atomic mass is 10.1. The van der Waals surface area contributed by atoms with Gasteiger partial charge in [0.25, 0.3) is 11.8 Å². The van der Waals surface area contributed by atoms with Crippen molar-refractivity contribution in [1.82, 2.24) is 24.5 Å². The van der Waals surface area contributed by atoms with Crippen LogP contribution in [0, 0.1) is 0 Å². The van der Waals surface area contributed by atoms with Gasteiger partial charge in [0.05, 0.1) is 19.9 Å². The maximum Gasteiger partial charge on any atom is 0.276 e. The molecule has 3 aromatic heterocycles. The second-order valence-corrected chi connectivity index (χ2v) is 9.70. The molecule has 0 spiro atoms. The van der Waals surface area contributed by atoms with Gasteiger partial charge in [-0.15, -0.1) is 0 Å². The van der Waals surface area contributed by atoms with Crippen molar-refractivity contribution in [3.63, 3.8) is 0 Å². The number of rotatable bonds is 7. The average Bonchev–Trinajstić information content (AvgIpc) is 3.50. The molecule has 11 heteroatoms. The lowest BCUT2D eigenvalue weighted by molar-refractivity contribution is 0.0746. The van der Waals surface area contributed by atoms with Crippen LogP contribution in [0.4, 0.5) is 11.5 Å². The van der Waals surface area contributed by atoms with Crippen molar-refractivity contribution < 1.29 is 19.1 Å². The first-order chi connectivity index (χ1) is 20.5. The third-order valence-corrected chi connectivity index (χ3v) is 7.20. The van der Waals surface area contributed by atoms with Crippen LogP contribution in [0.1, 0.15) is 20.8 Å². The van der Waals surface area contributed by atoms with E-state index in [1.165, 1.54) is 0 Å². The molecular weight excluding hydrogens is 534 g/mol. The summed E-state index contributed by atoms with van der Waals surface area (Å²) in [7, 11) is 3.16. The number of hydrogen-bond donors (Lipinski definition) is 1. The van der Waals surface area contributed by atoms with E-state index in [9.17, 15) is 9.59 Å². The Hall–Kier alpha value is -5.45. The van der Waals surface area contributed by atoms with E-state index in [0.29, 0.717) is 41.5 Å². The SMILES string of the molecule is COc1ccc(-c2ccnc3cc(C(=O)Nc4ccc(C(=O)N5CCN(c6ccccn6)CC5)cc4)nn23)cc1OC. The van der Waals surface area contributed by atoms with Crippen LogP contribution in [0.3, 0.4) is 0 Å². The molecule has 1 fully saturated rings. The highest BCUT2D eigenvalue weighted by molar-refractivity contribution is 6.04. The Bertz CT molecular complexity index is 1730. The topological polar surface area (TPSA) is 114 Å². The summed E-state index contributed by atoms with van der Waals surface area (Å²) >= 11 is 0. The third kappa shape index (κ3) is 5.31. The largest absolute Gasteiger partial charge is 0.493 e. The maximum absolute atomic E-state index is 13.1. The number of carbonyl (C=O) groups is 2. The van der Waals surface area contributed by atoms with Gasteiger partial charge in [-0.05, 0) is 60.7 Å². The molecule has 1 aliphatic heterocycles. The number of aromatic nitrogens is 4. The zero-order valence-corrected chi connectivity index (χ0v) is 23.2.